The van der Waals surface area contributed by atoms with Gasteiger partial charge in [-0.05, 0) is 55.7 Å². The van der Waals surface area contributed by atoms with Gasteiger partial charge in [-0.15, -0.1) is 0 Å². The average Bonchev–Trinajstić information content (AvgIpc) is 3.32. The zero-order valence-corrected chi connectivity index (χ0v) is 18.8. The van der Waals surface area contributed by atoms with E-state index in [9.17, 15) is 13.2 Å². The van der Waals surface area contributed by atoms with Crippen molar-refractivity contribution in [2.75, 3.05) is 33.9 Å². The summed E-state index contributed by atoms with van der Waals surface area (Å²) < 4.78 is 43.1. The fraction of sp³-hybridized carbons (Fsp3) is 0.409. The van der Waals surface area contributed by atoms with Crippen LogP contribution >= 0.6 is 0 Å². The third-order valence-electron chi connectivity index (χ3n) is 5.20. The molecule has 8 nitrogen and oxygen atoms in total. The number of hydrogen-bond acceptors (Lipinski definition) is 6. The number of carbonyl (C=O) groups is 1. The Bertz CT molecular complexity index is 1010. The van der Waals surface area contributed by atoms with Crippen molar-refractivity contribution in [1.82, 2.24) is 9.62 Å². The van der Waals surface area contributed by atoms with E-state index in [1.54, 1.807) is 45.4 Å². The van der Waals surface area contributed by atoms with Crippen LogP contribution in [0.1, 0.15) is 24.0 Å². The lowest BCUT2D eigenvalue weighted by atomic mass is 10.1. The normalized spacial score (nSPS) is 14.3. The molecule has 0 unspecified atom stereocenters. The number of benzene rings is 2. The number of hydrogen-bond donors (Lipinski definition) is 1. The van der Waals surface area contributed by atoms with E-state index >= 15 is 0 Å². The van der Waals surface area contributed by atoms with Gasteiger partial charge in [0, 0.05) is 13.1 Å². The molecule has 0 radical (unpaired) electrons. The van der Waals surface area contributed by atoms with Crippen LogP contribution in [0.3, 0.4) is 0 Å². The second-order valence-corrected chi connectivity index (χ2v) is 9.18. The Kier molecular flexibility index (Phi) is 7.40. The summed E-state index contributed by atoms with van der Waals surface area (Å²) in [6.07, 6.45) is 1.77. The Morgan fingerprint density at radius 3 is 2.26 bits per heavy atom. The molecule has 1 N–H and O–H groups in total. The number of rotatable bonds is 9. The Balaban J connectivity index is 1.60. The molecule has 1 amide bonds. The smallest absolute Gasteiger partial charge is 0.258 e. The van der Waals surface area contributed by atoms with E-state index in [1.807, 2.05) is 6.07 Å². The van der Waals surface area contributed by atoms with Gasteiger partial charge in [0.05, 0.1) is 31.2 Å². The van der Waals surface area contributed by atoms with Crippen LogP contribution < -0.4 is 19.5 Å². The molecule has 168 valence electrons. The van der Waals surface area contributed by atoms with Crippen LogP contribution in [0.15, 0.2) is 41.3 Å². The molecule has 0 bridgehead atoms. The minimum atomic E-state index is -3.49. The number of nitrogens with one attached hydrogen (secondary N) is 1. The van der Waals surface area contributed by atoms with Gasteiger partial charge in [-0.3, -0.25) is 4.79 Å². The summed E-state index contributed by atoms with van der Waals surface area (Å²) in [5, 5.41) is 2.78. The quantitative estimate of drug-likeness (QED) is 0.634. The van der Waals surface area contributed by atoms with Crippen molar-refractivity contribution in [3.63, 3.8) is 0 Å². The average molecular weight is 449 g/mol. The standard InChI is InChI=1S/C22H28N2O6S/c1-16-13-17(31(26,27)24-11-4-5-12-24)9-10-19(16)30-15-22(25)23-14-18-20(28-2)7-6-8-21(18)29-3/h6-10,13H,4-5,11-12,14-15H2,1-3H3,(H,23,25). The van der Waals surface area contributed by atoms with Crippen LogP contribution in [0.5, 0.6) is 17.2 Å². The first kappa shape index (κ1) is 22.9. The predicted molar refractivity (Wildman–Crippen MR) is 116 cm³/mol. The minimum absolute atomic E-state index is 0.198. The maximum Gasteiger partial charge on any atom is 0.258 e. The highest BCUT2D eigenvalue weighted by Crippen LogP contribution is 2.28. The van der Waals surface area contributed by atoms with Gasteiger partial charge in [0.25, 0.3) is 5.91 Å². The lowest BCUT2D eigenvalue weighted by molar-refractivity contribution is -0.123. The molecular weight excluding hydrogens is 420 g/mol. The Morgan fingerprint density at radius 2 is 1.68 bits per heavy atom. The highest BCUT2D eigenvalue weighted by atomic mass is 32.2. The van der Waals surface area contributed by atoms with Crippen molar-refractivity contribution < 1.29 is 27.4 Å². The van der Waals surface area contributed by atoms with E-state index in [0.29, 0.717) is 35.9 Å². The third-order valence-corrected chi connectivity index (χ3v) is 7.09. The molecule has 3 rings (SSSR count). The monoisotopic (exact) mass is 448 g/mol. The highest BCUT2D eigenvalue weighted by Gasteiger charge is 2.27. The molecule has 1 fully saturated rings. The van der Waals surface area contributed by atoms with Gasteiger partial charge in [0.15, 0.2) is 6.61 Å². The van der Waals surface area contributed by atoms with E-state index in [4.69, 9.17) is 14.2 Å². The van der Waals surface area contributed by atoms with Crippen LogP contribution in [-0.4, -0.2) is 52.5 Å². The van der Waals surface area contributed by atoms with Crippen LogP contribution in [0, 0.1) is 6.92 Å². The Morgan fingerprint density at radius 1 is 1.03 bits per heavy atom. The molecule has 2 aromatic rings. The van der Waals surface area contributed by atoms with Gasteiger partial charge in [0.1, 0.15) is 17.2 Å². The molecule has 0 aliphatic carbocycles. The first-order valence-electron chi connectivity index (χ1n) is 10.1. The molecule has 0 spiro atoms. The van der Waals surface area contributed by atoms with Crippen molar-refractivity contribution in [2.45, 2.75) is 31.2 Å². The van der Waals surface area contributed by atoms with E-state index in [-0.39, 0.29) is 24.0 Å². The highest BCUT2D eigenvalue weighted by molar-refractivity contribution is 7.89. The molecule has 0 aromatic heterocycles. The van der Waals surface area contributed by atoms with Crippen LogP contribution in [0.4, 0.5) is 0 Å². The van der Waals surface area contributed by atoms with E-state index in [2.05, 4.69) is 5.32 Å². The lowest BCUT2D eigenvalue weighted by Gasteiger charge is -2.17. The minimum Gasteiger partial charge on any atom is -0.496 e. The van der Waals surface area contributed by atoms with Gasteiger partial charge >= 0.3 is 0 Å². The molecule has 2 aromatic carbocycles. The molecule has 1 heterocycles. The van der Waals surface area contributed by atoms with Crippen LogP contribution in [0.2, 0.25) is 0 Å². The van der Waals surface area contributed by atoms with E-state index in [0.717, 1.165) is 18.4 Å². The van der Waals surface area contributed by atoms with Gasteiger partial charge in [0.2, 0.25) is 10.0 Å². The van der Waals surface area contributed by atoms with Crippen molar-refractivity contribution in [3.05, 3.63) is 47.5 Å². The zero-order chi connectivity index (χ0) is 22.4. The van der Waals surface area contributed by atoms with Crippen molar-refractivity contribution >= 4 is 15.9 Å². The summed E-state index contributed by atoms with van der Waals surface area (Å²) in [6, 6.07) is 10.1. The first-order chi connectivity index (χ1) is 14.9. The summed E-state index contributed by atoms with van der Waals surface area (Å²) in [6.45, 7) is 2.89. The molecule has 0 atom stereocenters. The molecule has 31 heavy (non-hydrogen) atoms. The first-order valence-corrected chi connectivity index (χ1v) is 11.5. The maximum atomic E-state index is 12.7. The molecular formula is C22H28N2O6S. The number of nitrogens with zero attached hydrogens (tertiary/aromatic N) is 1. The molecule has 9 heteroatoms. The number of methoxy groups -OCH3 is 2. The maximum absolute atomic E-state index is 12.7. The van der Waals surface area contributed by atoms with Crippen LogP contribution in [0.25, 0.3) is 0 Å². The third kappa shape index (κ3) is 5.29. The number of ether oxygens (including phenoxy) is 3. The lowest BCUT2D eigenvalue weighted by Crippen LogP contribution is -2.29. The zero-order valence-electron chi connectivity index (χ0n) is 18.0. The fourth-order valence-corrected chi connectivity index (χ4v) is 5.11. The molecule has 1 aliphatic heterocycles. The SMILES string of the molecule is COc1cccc(OC)c1CNC(=O)COc1ccc(S(=O)(=O)N2CCCC2)cc1C. The van der Waals surface area contributed by atoms with E-state index in [1.165, 1.54) is 10.4 Å². The summed E-state index contributed by atoms with van der Waals surface area (Å²) in [5.41, 5.74) is 1.38. The summed E-state index contributed by atoms with van der Waals surface area (Å²) in [7, 11) is -0.377. The Hall–Kier alpha value is -2.78. The number of carbonyl (C=O) groups excluding carboxylic acids is 1. The largest absolute Gasteiger partial charge is 0.496 e. The van der Waals surface area contributed by atoms with Crippen LogP contribution in [-0.2, 0) is 21.4 Å². The second-order valence-electron chi connectivity index (χ2n) is 7.24. The Labute approximate surface area is 183 Å². The van der Waals surface area contributed by atoms with Gasteiger partial charge in [-0.2, -0.15) is 4.31 Å². The van der Waals surface area contributed by atoms with Gasteiger partial charge in [-0.1, -0.05) is 6.07 Å². The number of sulfonamides is 1. The summed E-state index contributed by atoms with van der Waals surface area (Å²) in [5.74, 6) is 1.38. The fourth-order valence-electron chi connectivity index (χ4n) is 3.51. The molecule has 1 saturated heterocycles. The summed E-state index contributed by atoms with van der Waals surface area (Å²) in [4.78, 5) is 12.5. The molecule has 0 saturated carbocycles. The van der Waals surface area contributed by atoms with E-state index < -0.39 is 10.0 Å². The number of aryl methyl sites for hydroxylation is 1. The van der Waals surface area contributed by atoms with Gasteiger partial charge < -0.3 is 19.5 Å². The second kappa shape index (κ2) is 10.0. The topological polar surface area (TPSA) is 94.2 Å². The molecule has 1 aliphatic rings. The van der Waals surface area contributed by atoms with Crippen molar-refractivity contribution in [1.29, 1.82) is 0 Å². The predicted octanol–water partition coefficient (Wildman–Crippen LogP) is 2.49. The van der Waals surface area contributed by atoms with Gasteiger partial charge in [-0.25, -0.2) is 8.42 Å². The van der Waals surface area contributed by atoms with Crippen molar-refractivity contribution in [3.8, 4) is 17.2 Å². The summed E-state index contributed by atoms with van der Waals surface area (Å²) >= 11 is 0. The van der Waals surface area contributed by atoms with Crippen molar-refractivity contribution in [2.24, 2.45) is 0 Å². The number of amides is 1.